The van der Waals surface area contributed by atoms with Gasteiger partial charge in [-0.05, 0) is 30.0 Å². The van der Waals surface area contributed by atoms with Crippen LogP contribution in [0.1, 0.15) is 24.0 Å². The highest BCUT2D eigenvalue weighted by Gasteiger charge is 2.20. The summed E-state index contributed by atoms with van der Waals surface area (Å²) in [5.74, 6) is 0.980. The zero-order chi connectivity index (χ0) is 12.9. The first-order valence-corrected chi connectivity index (χ1v) is 7.74. The number of hydrogen-bond donors (Lipinski definition) is 1. The molecule has 1 aliphatic carbocycles. The predicted octanol–water partition coefficient (Wildman–Crippen LogP) is 3.63. The molecule has 1 N–H and O–H groups in total. The molecule has 1 saturated carbocycles. The van der Waals surface area contributed by atoms with Gasteiger partial charge in [-0.3, -0.25) is 0 Å². The van der Waals surface area contributed by atoms with Crippen molar-refractivity contribution in [3.8, 4) is 0 Å². The monoisotopic (exact) mass is 270 g/mol. The summed E-state index contributed by atoms with van der Waals surface area (Å²) < 4.78 is 0. The number of hydrogen-bond acceptors (Lipinski definition) is 3. The molecule has 0 spiro atoms. The van der Waals surface area contributed by atoms with Gasteiger partial charge in [0.05, 0.1) is 0 Å². The van der Waals surface area contributed by atoms with Crippen molar-refractivity contribution >= 4 is 11.8 Å². The third-order valence-corrected chi connectivity index (χ3v) is 4.35. The smallest absolute Gasteiger partial charge is 0.101 e. The van der Waals surface area contributed by atoms with Crippen molar-refractivity contribution in [1.29, 1.82) is 0 Å². The third-order valence-electron chi connectivity index (χ3n) is 3.23. The van der Waals surface area contributed by atoms with E-state index in [1.165, 1.54) is 24.0 Å². The van der Waals surface area contributed by atoms with Crippen LogP contribution in [-0.2, 0) is 12.3 Å². The molecule has 0 bridgehead atoms. The van der Waals surface area contributed by atoms with E-state index in [1.54, 1.807) is 0 Å². The van der Waals surface area contributed by atoms with E-state index in [2.05, 4.69) is 46.7 Å². The molecule has 98 valence electrons. The second kappa shape index (κ2) is 6.22. The first-order chi connectivity index (χ1) is 9.42. The minimum atomic E-state index is 0.743. The van der Waals surface area contributed by atoms with Crippen LogP contribution in [0.3, 0.4) is 0 Å². The van der Waals surface area contributed by atoms with E-state index in [9.17, 15) is 0 Å². The molecule has 19 heavy (non-hydrogen) atoms. The van der Waals surface area contributed by atoms with Gasteiger partial charge in [0.2, 0.25) is 0 Å². The summed E-state index contributed by atoms with van der Waals surface area (Å²) in [7, 11) is 0. The lowest BCUT2D eigenvalue weighted by Crippen LogP contribution is -2.16. The van der Waals surface area contributed by atoms with Crippen molar-refractivity contribution in [2.24, 2.45) is 0 Å². The molecule has 0 unspecified atom stereocenters. The fraction of sp³-hybridized carbons (Fsp3) is 0.312. The van der Waals surface area contributed by atoms with Crippen molar-refractivity contribution in [1.82, 2.24) is 10.3 Å². The Balaban J connectivity index is 1.62. The van der Waals surface area contributed by atoms with E-state index < -0.39 is 0 Å². The second-order valence-corrected chi connectivity index (χ2v) is 5.86. The number of rotatable bonds is 6. The van der Waals surface area contributed by atoms with Crippen LogP contribution in [0.2, 0.25) is 0 Å². The summed E-state index contributed by atoms with van der Waals surface area (Å²) in [6, 6.07) is 15.5. The molecular weight excluding hydrogens is 252 g/mol. The van der Waals surface area contributed by atoms with Gasteiger partial charge in [0.1, 0.15) is 5.03 Å². The van der Waals surface area contributed by atoms with Gasteiger partial charge >= 0.3 is 0 Å². The average molecular weight is 270 g/mol. The molecule has 1 fully saturated rings. The zero-order valence-electron chi connectivity index (χ0n) is 10.9. The molecule has 0 radical (unpaired) electrons. The Morgan fingerprint density at radius 2 is 1.95 bits per heavy atom. The van der Waals surface area contributed by atoms with Crippen LogP contribution < -0.4 is 5.32 Å². The summed E-state index contributed by atoms with van der Waals surface area (Å²) in [6.45, 7) is 0.940. The zero-order valence-corrected chi connectivity index (χ0v) is 11.7. The summed E-state index contributed by atoms with van der Waals surface area (Å²) in [5.41, 5.74) is 2.66. The number of thioether (sulfide) groups is 1. The highest BCUT2D eigenvalue weighted by Crippen LogP contribution is 2.25. The van der Waals surface area contributed by atoms with Gasteiger partial charge in [-0.1, -0.05) is 36.4 Å². The number of nitrogens with one attached hydrogen (secondary N) is 1. The number of nitrogens with zero attached hydrogens (tertiary/aromatic N) is 1. The summed E-state index contributed by atoms with van der Waals surface area (Å²) in [4.78, 5) is 4.52. The SMILES string of the molecule is c1ccc(CSc2ncccc2CNC2CC2)cc1. The molecule has 0 amide bonds. The Morgan fingerprint density at radius 3 is 2.74 bits per heavy atom. The van der Waals surface area contributed by atoms with Crippen LogP contribution in [0, 0.1) is 0 Å². The molecule has 1 aromatic carbocycles. The largest absolute Gasteiger partial charge is 0.310 e. The quantitative estimate of drug-likeness (QED) is 0.811. The van der Waals surface area contributed by atoms with Gasteiger partial charge in [-0.15, -0.1) is 11.8 Å². The first-order valence-electron chi connectivity index (χ1n) is 6.76. The van der Waals surface area contributed by atoms with Gasteiger partial charge in [-0.25, -0.2) is 4.98 Å². The molecule has 0 atom stereocenters. The Kier molecular flexibility index (Phi) is 4.16. The van der Waals surface area contributed by atoms with E-state index >= 15 is 0 Å². The Bertz CT molecular complexity index is 523. The lowest BCUT2D eigenvalue weighted by Gasteiger charge is -2.08. The van der Waals surface area contributed by atoms with Crippen molar-refractivity contribution in [3.63, 3.8) is 0 Å². The molecule has 3 rings (SSSR count). The third kappa shape index (κ3) is 3.82. The van der Waals surface area contributed by atoms with Gasteiger partial charge in [0.15, 0.2) is 0 Å². The Labute approximate surface area is 118 Å². The minimum absolute atomic E-state index is 0.743. The van der Waals surface area contributed by atoms with Crippen molar-refractivity contribution in [3.05, 3.63) is 59.8 Å². The Morgan fingerprint density at radius 1 is 1.11 bits per heavy atom. The molecule has 0 aliphatic heterocycles. The number of benzene rings is 1. The highest BCUT2D eigenvalue weighted by atomic mass is 32.2. The van der Waals surface area contributed by atoms with Gasteiger partial charge in [0, 0.05) is 24.5 Å². The fourth-order valence-electron chi connectivity index (χ4n) is 1.96. The van der Waals surface area contributed by atoms with Crippen LogP contribution in [0.25, 0.3) is 0 Å². The van der Waals surface area contributed by atoms with Crippen molar-refractivity contribution in [2.75, 3.05) is 0 Å². The normalized spacial score (nSPS) is 14.5. The minimum Gasteiger partial charge on any atom is -0.310 e. The predicted molar refractivity (Wildman–Crippen MR) is 80.1 cm³/mol. The lowest BCUT2D eigenvalue weighted by atomic mass is 10.2. The maximum absolute atomic E-state index is 4.52. The van der Waals surface area contributed by atoms with E-state index in [0.29, 0.717) is 0 Å². The Hall–Kier alpha value is -1.32. The summed E-state index contributed by atoms with van der Waals surface area (Å²) in [6.07, 6.45) is 4.54. The summed E-state index contributed by atoms with van der Waals surface area (Å²) in [5, 5.41) is 4.71. The van der Waals surface area contributed by atoms with Gasteiger partial charge in [-0.2, -0.15) is 0 Å². The lowest BCUT2D eigenvalue weighted by molar-refractivity contribution is 0.675. The summed E-state index contributed by atoms with van der Waals surface area (Å²) >= 11 is 1.82. The fourth-order valence-corrected chi connectivity index (χ4v) is 2.91. The number of pyridine rings is 1. The average Bonchev–Trinajstić information content (AvgIpc) is 3.29. The van der Waals surface area contributed by atoms with Crippen molar-refractivity contribution in [2.45, 2.75) is 36.2 Å². The molecule has 1 aromatic heterocycles. The maximum atomic E-state index is 4.52. The second-order valence-electron chi connectivity index (χ2n) is 4.90. The molecule has 0 saturated heterocycles. The molecule has 1 heterocycles. The first kappa shape index (κ1) is 12.7. The van der Waals surface area contributed by atoms with Crippen LogP contribution in [0.5, 0.6) is 0 Å². The molecule has 2 nitrogen and oxygen atoms in total. The van der Waals surface area contributed by atoms with Crippen LogP contribution >= 0.6 is 11.8 Å². The van der Waals surface area contributed by atoms with Crippen molar-refractivity contribution < 1.29 is 0 Å². The highest BCUT2D eigenvalue weighted by molar-refractivity contribution is 7.98. The van der Waals surface area contributed by atoms with Crippen LogP contribution in [-0.4, -0.2) is 11.0 Å². The van der Waals surface area contributed by atoms with E-state index in [0.717, 1.165) is 23.4 Å². The molecule has 2 aromatic rings. The van der Waals surface area contributed by atoms with E-state index in [-0.39, 0.29) is 0 Å². The molecule has 3 heteroatoms. The van der Waals surface area contributed by atoms with Gasteiger partial charge in [0.25, 0.3) is 0 Å². The molecular formula is C16H18N2S. The van der Waals surface area contributed by atoms with E-state index in [4.69, 9.17) is 0 Å². The van der Waals surface area contributed by atoms with Gasteiger partial charge < -0.3 is 5.32 Å². The van der Waals surface area contributed by atoms with Crippen LogP contribution in [0.15, 0.2) is 53.7 Å². The standard InChI is InChI=1S/C16H18N2S/c1-2-5-13(6-3-1)12-19-16-14(7-4-10-17-16)11-18-15-8-9-15/h1-7,10,15,18H,8-9,11-12H2. The van der Waals surface area contributed by atoms with E-state index in [1.807, 2.05) is 24.0 Å². The topological polar surface area (TPSA) is 24.9 Å². The maximum Gasteiger partial charge on any atom is 0.101 e. The molecule has 1 aliphatic rings. The van der Waals surface area contributed by atoms with Crippen LogP contribution in [0.4, 0.5) is 0 Å². The number of aromatic nitrogens is 1.